The zero-order chi connectivity index (χ0) is 37.6. The Kier molecular flexibility index (Phi) is 26.0. The van der Waals surface area contributed by atoms with E-state index < -0.39 is 11.6 Å². The van der Waals surface area contributed by atoms with Crippen LogP contribution in [0.4, 0.5) is 0 Å². The van der Waals surface area contributed by atoms with Gasteiger partial charge in [-0.05, 0) is 69.9 Å². The van der Waals surface area contributed by atoms with Crippen molar-refractivity contribution in [1.29, 1.82) is 0 Å². The number of thiol groups is 2. The van der Waals surface area contributed by atoms with Crippen molar-refractivity contribution in [3.63, 3.8) is 0 Å². The van der Waals surface area contributed by atoms with E-state index in [0.717, 1.165) is 38.4 Å². The number of carbonyl (C=O) groups excluding carboxylic acids is 1. The molecule has 274 valence electrons. The molecule has 0 aromatic heterocycles. The second-order valence-electron chi connectivity index (χ2n) is 10.4. The van der Waals surface area contributed by atoms with E-state index in [9.17, 15) is 4.79 Å². The Morgan fingerprint density at radius 3 is 1.78 bits per heavy atom. The van der Waals surface area contributed by atoms with Crippen LogP contribution in [0, 0.1) is 0 Å². The zero-order valence-electron chi connectivity index (χ0n) is 30.0. The highest BCUT2D eigenvalue weighted by molar-refractivity contribution is 9.01. The molecule has 1 atom stereocenters. The molecule has 0 aliphatic rings. The van der Waals surface area contributed by atoms with Gasteiger partial charge >= 0.3 is 0 Å². The Balaban J connectivity index is 0.000000681. The minimum absolute atomic E-state index is 0.432. The molecule has 51 heavy (non-hydrogen) atoms. The van der Waals surface area contributed by atoms with E-state index in [1.807, 2.05) is 98.2 Å². The highest BCUT2D eigenvalue weighted by Crippen LogP contribution is 2.37. The molecule has 3 rings (SSSR count). The lowest BCUT2D eigenvalue weighted by Crippen LogP contribution is -2.50. The van der Waals surface area contributed by atoms with E-state index in [2.05, 4.69) is 71.6 Å². The van der Waals surface area contributed by atoms with Gasteiger partial charge in [-0.25, -0.2) is 0 Å². The van der Waals surface area contributed by atoms with Gasteiger partial charge in [0.2, 0.25) is 0 Å². The van der Waals surface area contributed by atoms with Crippen LogP contribution in [-0.4, -0.2) is 52.5 Å². The minimum Gasteiger partial charge on any atom is -0.497 e. The summed E-state index contributed by atoms with van der Waals surface area (Å²) in [5.41, 5.74) is 3.56. The fourth-order valence-corrected chi connectivity index (χ4v) is 5.13. The Morgan fingerprint density at radius 1 is 0.882 bits per heavy atom. The molecule has 0 radical (unpaired) electrons. The number of allylic oxidation sites excluding steroid dienone is 6. The van der Waals surface area contributed by atoms with Crippen LogP contribution in [0.1, 0.15) is 30.0 Å². The quantitative estimate of drug-likeness (QED) is 0.0163. The van der Waals surface area contributed by atoms with Gasteiger partial charge in [-0.3, -0.25) is 5.32 Å². The summed E-state index contributed by atoms with van der Waals surface area (Å²) in [5.74, 6) is 1.96. The number of rotatable bonds is 19. The lowest BCUT2D eigenvalue weighted by atomic mass is 9.76. The summed E-state index contributed by atoms with van der Waals surface area (Å²) in [5, 5.41) is 3.76. The van der Waals surface area contributed by atoms with Crippen molar-refractivity contribution in [3.8, 4) is 0 Å². The lowest BCUT2D eigenvalue weighted by Gasteiger charge is -2.39. The maximum Gasteiger partial charge on any atom is 0.137 e. The van der Waals surface area contributed by atoms with Crippen LogP contribution in [0.2, 0.25) is 0 Å². The topological polar surface area (TPSA) is 66.0 Å². The number of methoxy groups -OCH3 is 3. The molecule has 0 unspecified atom stereocenters. The van der Waals surface area contributed by atoms with Crippen molar-refractivity contribution in [3.05, 3.63) is 180 Å². The zero-order valence-corrected chi connectivity index (χ0v) is 33.4. The van der Waals surface area contributed by atoms with E-state index in [1.54, 1.807) is 51.5 Å². The van der Waals surface area contributed by atoms with Gasteiger partial charge in [-0.15, -0.1) is 11.8 Å². The fraction of sp³-hybridized carbons (Fsp3) is 0.244. The standard InChI is InChI=1S/C31H33NO2S.C10H16O3.H2S3/c1-3-14-26(15-13-22-34-25-35-2)23-30(24-33)32-31(27-16-7-4-8-17-27,28-18-9-5-10-19-28)29-20-11-6-12-21-29;1-5-9(12-3)8-10(13-4)6-7-11-2;1-3-2/h3-22,24,30,32H,23,25H2,1-2H3;5-6,8H,1,7H2,2-4H3;1-2H/b14-3-,22-13+,26-15+;9-8+,10-6-;/t30-;;/m1../s1. The van der Waals surface area contributed by atoms with Gasteiger partial charge in [-0.2, -0.15) is 0 Å². The molecule has 0 aliphatic carbocycles. The lowest BCUT2D eigenvalue weighted by molar-refractivity contribution is -0.109. The van der Waals surface area contributed by atoms with Gasteiger partial charge in [0.1, 0.15) is 23.7 Å². The van der Waals surface area contributed by atoms with E-state index in [1.165, 1.54) is 0 Å². The van der Waals surface area contributed by atoms with Crippen LogP contribution >= 0.6 is 44.9 Å². The van der Waals surface area contributed by atoms with Crippen LogP contribution in [-0.2, 0) is 29.3 Å². The normalized spacial score (nSPS) is 12.6. The minimum atomic E-state index is -0.701. The molecule has 0 saturated heterocycles. The number of hydrogen-bond donors (Lipinski definition) is 3. The monoisotopic (exact) mass is 765 g/mol. The molecule has 0 heterocycles. The summed E-state index contributed by atoms with van der Waals surface area (Å²) < 4.78 is 20.4. The molecule has 0 spiro atoms. The van der Waals surface area contributed by atoms with Crippen LogP contribution < -0.4 is 5.32 Å². The predicted molar refractivity (Wildman–Crippen MR) is 226 cm³/mol. The summed E-state index contributed by atoms with van der Waals surface area (Å²) in [6.45, 7) is 6.08. The average molecular weight is 766 g/mol. The molecule has 3 aromatic rings. The first-order chi connectivity index (χ1) is 24.9. The Bertz CT molecular complexity index is 1410. The van der Waals surface area contributed by atoms with Crippen LogP contribution in [0.25, 0.3) is 0 Å². The molecule has 6 nitrogen and oxygen atoms in total. The maximum atomic E-state index is 12.5. The molecule has 1 N–H and O–H groups in total. The summed E-state index contributed by atoms with van der Waals surface area (Å²) in [6, 6.07) is 30.5. The number of carbonyl (C=O) groups is 1. The van der Waals surface area contributed by atoms with E-state index in [0.29, 0.717) is 30.5 Å². The summed E-state index contributed by atoms with van der Waals surface area (Å²) in [6.07, 6.45) is 18.3. The van der Waals surface area contributed by atoms with Crippen molar-refractivity contribution in [2.45, 2.75) is 24.9 Å². The fourth-order valence-electron chi connectivity index (χ4n) is 4.92. The van der Waals surface area contributed by atoms with Gasteiger partial charge in [0.05, 0.1) is 38.7 Å². The number of benzene rings is 3. The second kappa shape index (κ2) is 29.1. The Labute approximate surface area is 323 Å². The molecule has 0 fully saturated rings. The second-order valence-corrected chi connectivity index (χ2v) is 13.3. The van der Waals surface area contributed by atoms with Crippen molar-refractivity contribution in [2.24, 2.45) is 0 Å². The highest BCUT2D eigenvalue weighted by atomic mass is 33.5. The first kappa shape index (κ1) is 45.5. The first-order valence-electron chi connectivity index (χ1n) is 16.0. The molecule has 0 bridgehead atoms. The number of ether oxygens (including phenoxy) is 4. The van der Waals surface area contributed by atoms with Gasteiger partial charge < -0.3 is 23.7 Å². The summed E-state index contributed by atoms with van der Waals surface area (Å²) >= 11 is 8.76. The smallest absolute Gasteiger partial charge is 0.137 e. The SMILES string of the molecule is C=C/C(=C\C(=C\COC)OC)OC.C\C=C/C(=C\C=C\OCSC)C[C@H](C=O)NC(c1ccccc1)(c1ccccc1)c1ccccc1.SSS. The molecular weight excluding hydrogens is 715 g/mol. The van der Waals surface area contributed by atoms with Crippen LogP contribution in [0.15, 0.2) is 163 Å². The predicted octanol–water partition coefficient (Wildman–Crippen LogP) is 10.2. The molecule has 0 saturated carbocycles. The molecule has 10 heteroatoms. The van der Waals surface area contributed by atoms with Crippen molar-refractivity contribution in [2.75, 3.05) is 40.1 Å². The van der Waals surface area contributed by atoms with E-state index >= 15 is 0 Å². The van der Waals surface area contributed by atoms with Crippen LogP contribution in [0.3, 0.4) is 0 Å². The number of aldehydes is 1. The van der Waals surface area contributed by atoms with Crippen LogP contribution in [0.5, 0.6) is 0 Å². The van der Waals surface area contributed by atoms with Gasteiger partial charge in [0.15, 0.2) is 0 Å². The maximum absolute atomic E-state index is 12.5. The average Bonchev–Trinajstić information content (AvgIpc) is 3.18. The first-order valence-corrected chi connectivity index (χ1v) is 20.3. The highest BCUT2D eigenvalue weighted by Gasteiger charge is 2.38. The number of thioether (sulfide) groups is 1. The molecule has 0 amide bonds. The summed E-state index contributed by atoms with van der Waals surface area (Å²) in [7, 11) is 5.93. The molecular formula is C41H51NO5S4. The largest absolute Gasteiger partial charge is 0.497 e. The van der Waals surface area contributed by atoms with Crippen molar-refractivity contribution < 1.29 is 23.7 Å². The van der Waals surface area contributed by atoms with Crippen molar-refractivity contribution in [1.82, 2.24) is 5.32 Å². The van der Waals surface area contributed by atoms with E-state index in [-0.39, 0.29) is 0 Å². The Morgan fingerprint density at radius 2 is 1.39 bits per heavy atom. The van der Waals surface area contributed by atoms with Gasteiger partial charge in [0, 0.05) is 13.2 Å². The summed E-state index contributed by atoms with van der Waals surface area (Å²) in [4.78, 5) is 12.5. The third-order valence-electron chi connectivity index (χ3n) is 7.10. The van der Waals surface area contributed by atoms with E-state index in [4.69, 9.17) is 18.9 Å². The number of nitrogens with one attached hydrogen (secondary N) is 1. The molecule has 3 aromatic carbocycles. The Hall–Kier alpha value is -3.51. The van der Waals surface area contributed by atoms with Gasteiger partial charge in [0.25, 0.3) is 0 Å². The third-order valence-corrected chi connectivity index (χ3v) is 7.47. The van der Waals surface area contributed by atoms with Crippen molar-refractivity contribution >= 4 is 51.2 Å². The molecule has 0 aliphatic heterocycles. The number of hydrogen-bond acceptors (Lipinski definition) is 10. The third kappa shape index (κ3) is 17.0. The van der Waals surface area contributed by atoms with Gasteiger partial charge in [-0.1, -0.05) is 139 Å².